The Kier molecular flexibility index (Phi) is 6.97. The zero-order valence-corrected chi connectivity index (χ0v) is 21.7. The van der Waals surface area contributed by atoms with Crippen LogP contribution in [-0.2, 0) is 12.8 Å². The highest BCUT2D eigenvalue weighted by Gasteiger charge is 2.24. The van der Waals surface area contributed by atoms with Crippen LogP contribution in [0.2, 0.25) is 0 Å². The molecule has 0 unspecified atom stereocenters. The van der Waals surface area contributed by atoms with Gasteiger partial charge in [0.2, 0.25) is 11.8 Å². The molecule has 38 heavy (non-hydrogen) atoms. The van der Waals surface area contributed by atoms with Gasteiger partial charge < -0.3 is 20.3 Å². The number of ether oxygens (including phenoxy) is 1. The molecule has 0 amide bonds. The van der Waals surface area contributed by atoms with Gasteiger partial charge in [-0.15, -0.1) is 10.2 Å². The van der Waals surface area contributed by atoms with E-state index in [0.29, 0.717) is 17.6 Å². The summed E-state index contributed by atoms with van der Waals surface area (Å²) in [5.41, 5.74) is 5.17. The smallest absolute Gasteiger partial charge is 0.228 e. The molecule has 3 aromatic heterocycles. The fraction of sp³-hybridized carbons (Fsp3) is 0.345. The molecule has 0 spiro atoms. The molecule has 4 heterocycles. The van der Waals surface area contributed by atoms with Gasteiger partial charge in [-0.05, 0) is 87.4 Å². The van der Waals surface area contributed by atoms with Gasteiger partial charge in [0.15, 0.2) is 11.6 Å². The molecule has 0 radical (unpaired) electrons. The summed E-state index contributed by atoms with van der Waals surface area (Å²) < 4.78 is 6.16. The summed E-state index contributed by atoms with van der Waals surface area (Å²) in [5.74, 6) is 3.69. The van der Waals surface area contributed by atoms with Crippen molar-refractivity contribution in [2.75, 3.05) is 35.7 Å². The number of hydrogen-bond acceptors (Lipinski definition) is 9. The van der Waals surface area contributed by atoms with E-state index in [0.717, 1.165) is 54.5 Å². The lowest BCUT2D eigenvalue weighted by atomic mass is 9.92. The highest BCUT2D eigenvalue weighted by atomic mass is 16.5. The number of pyridine rings is 1. The maximum atomic E-state index is 6.16. The number of nitrogens with one attached hydrogen (secondary N) is 2. The standard InChI is InChI=1S/C29H32N8O/c1-30-29-32-17-15-25(34-29)24-10-7-16-31-28(24)38-21-13-11-20(12-14-21)33-26-22-8-3-4-9-23(22)27(36-35-26)37-18-5-2-6-19-37/h7,10-17H,2-6,8-9,18-19H2,1H3,(H,33,35)(H,30,32,34). The molecule has 1 fully saturated rings. The van der Waals surface area contributed by atoms with Gasteiger partial charge >= 0.3 is 0 Å². The van der Waals surface area contributed by atoms with Gasteiger partial charge in [-0.1, -0.05) is 0 Å². The van der Waals surface area contributed by atoms with Crippen LogP contribution in [0.3, 0.4) is 0 Å². The molecule has 1 aliphatic heterocycles. The summed E-state index contributed by atoms with van der Waals surface area (Å²) in [5, 5.41) is 15.8. The Morgan fingerprint density at radius 3 is 2.45 bits per heavy atom. The van der Waals surface area contributed by atoms with E-state index in [2.05, 4.69) is 35.6 Å². The Morgan fingerprint density at radius 1 is 0.816 bits per heavy atom. The monoisotopic (exact) mass is 508 g/mol. The van der Waals surface area contributed by atoms with Crippen LogP contribution in [0.25, 0.3) is 11.3 Å². The van der Waals surface area contributed by atoms with Crippen molar-refractivity contribution in [1.82, 2.24) is 25.1 Å². The number of fused-ring (bicyclic) bond motifs is 1. The summed E-state index contributed by atoms with van der Waals surface area (Å²) in [6, 6.07) is 13.5. The fourth-order valence-corrected chi connectivity index (χ4v) is 5.24. The molecule has 9 heteroatoms. The molecule has 1 aliphatic carbocycles. The van der Waals surface area contributed by atoms with Crippen LogP contribution in [-0.4, -0.2) is 45.3 Å². The molecular formula is C29H32N8O. The molecule has 2 aliphatic rings. The van der Waals surface area contributed by atoms with Gasteiger partial charge in [-0.3, -0.25) is 0 Å². The number of hydrogen-bond donors (Lipinski definition) is 2. The summed E-state index contributed by atoms with van der Waals surface area (Å²) in [6.45, 7) is 2.17. The molecule has 0 atom stereocenters. The quantitative estimate of drug-likeness (QED) is 0.322. The van der Waals surface area contributed by atoms with Crippen molar-refractivity contribution in [3.05, 3.63) is 66.0 Å². The average molecular weight is 509 g/mol. The highest BCUT2D eigenvalue weighted by molar-refractivity contribution is 5.67. The first-order chi connectivity index (χ1) is 18.8. The van der Waals surface area contributed by atoms with Gasteiger partial charge in [0.25, 0.3) is 0 Å². The topological polar surface area (TPSA) is 101 Å². The first kappa shape index (κ1) is 24.1. The van der Waals surface area contributed by atoms with Crippen molar-refractivity contribution >= 4 is 23.3 Å². The van der Waals surface area contributed by atoms with E-state index in [9.17, 15) is 0 Å². The van der Waals surface area contributed by atoms with Gasteiger partial charge in [0.1, 0.15) is 5.75 Å². The Balaban J connectivity index is 1.21. The third-order valence-electron chi connectivity index (χ3n) is 7.18. The number of rotatable bonds is 7. The molecule has 2 N–H and O–H groups in total. The van der Waals surface area contributed by atoms with E-state index in [-0.39, 0.29) is 0 Å². The molecule has 0 saturated carbocycles. The van der Waals surface area contributed by atoms with Crippen molar-refractivity contribution in [3.8, 4) is 22.9 Å². The lowest BCUT2D eigenvalue weighted by Crippen LogP contribution is -2.32. The van der Waals surface area contributed by atoms with Crippen LogP contribution in [0.4, 0.5) is 23.3 Å². The van der Waals surface area contributed by atoms with Gasteiger partial charge in [0, 0.05) is 49.3 Å². The number of aromatic nitrogens is 5. The number of piperidine rings is 1. The van der Waals surface area contributed by atoms with Crippen LogP contribution < -0.4 is 20.3 Å². The maximum Gasteiger partial charge on any atom is 0.228 e. The van der Waals surface area contributed by atoms with Crippen LogP contribution in [0.1, 0.15) is 43.2 Å². The summed E-state index contributed by atoms with van der Waals surface area (Å²) in [4.78, 5) is 15.6. The van der Waals surface area contributed by atoms with E-state index in [1.165, 1.54) is 43.2 Å². The van der Waals surface area contributed by atoms with E-state index < -0.39 is 0 Å². The van der Waals surface area contributed by atoms with Crippen molar-refractivity contribution in [3.63, 3.8) is 0 Å². The second-order valence-electron chi connectivity index (χ2n) is 9.71. The largest absolute Gasteiger partial charge is 0.438 e. The summed E-state index contributed by atoms with van der Waals surface area (Å²) >= 11 is 0. The third-order valence-corrected chi connectivity index (χ3v) is 7.18. The molecule has 194 valence electrons. The van der Waals surface area contributed by atoms with Gasteiger partial charge in [-0.25, -0.2) is 15.0 Å². The van der Waals surface area contributed by atoms with Crippen molar-refractivity contribution < 1.29 is 4.74 Å². The van der Waals surface area contributed by atoms with E-state index >= 15 is 0 Å². The van der Waals surface area contributed by atoms with E-state index in [1.54, 1.807) is 19.4 Å². The normalized spacial score (nSPS) is 15.0. The second-order valence-corrected chi connectivity index (χ2v) is 9.71. The number of nitrogens with zero attached hydrogens (tertiary/aromatic N) is 6. The molecule has 1 aromatic carbocycles. The van der Waals surface area contributed by atoms with Crippen LogP contribution in [0.15, 0.2) is 54.9 Å². The van der Waals surface area contributed by atoms with Crippen LogP contribution >= 0.6 is 0 Å². The molecule has 6 rings (SSSR count). The first-order valence-electron chi connectivity index (χ1n) is 13.4. The van der Waals surface area contributed by atoms with Crippen LogP contribution in [0.5, 0.6) is 11.6 Å². The Morgan fingerprint density at radius 2 is 1.63 bits per heavy atom. The van der Waals surface area contributed by atoms with E-state index in [4.69, 9.17) is 9.84 Å². The lowest BCUT2D eigenvalue weighted by Gasteiger charge is -2.31. The number of benzene rings is 1. The summed E-state index contributed by atoms with van der Waals surface area (Å²) in [7, 11) is 1.79. The molecule has 0 bridgehead atoms. The zero-order valence-electron chi connectivity index (χ0n) is 21.7. The molecule has 9 nitrogen and oxygen atoms in total. The summed E-state index contributed by atoms with van der Waals surface area (Å²) in [6.07, 6.45) is 11.7. The Bertz CT molecular complexity index is 1400. The minimum Gasteiger partial charge on any atom is -0.438 e. The minimum atomic E-state index is 0.488. The van der Waals surface area contributed by atoms with E-state index in [1.807, 2.05) is 42.5 Å². The number of anilines is 4. The predicted octanol–water partition coefficient (Wildman–Crippen LogP) is 5.78. The SMILES string of the molecule is CNc1nccc(-c2cccnc2Oc2ccc(Nc3nnc(N4CCCCC4)c4c3CCCC4)cc2)n1. The van der Waals surface area contributed by atoms with Crippen molar-refractivity contribution in [2.45, 2.75) is 44.9 Å². The average Bonchev–Trinajstić information content (AvgIpc) is 2.99. The molecular weight excluding hydrogens is 476 g/mol. The lowest BCUT2D eigenvalue weighted by molar-refractivity contribution is 0.465. The second kappa shape index (κ2) is 11.0. The van der Waals surface area contributed by atoms with Crippen molar-refractivity contribution in [1.29, 1.82) is 0 Å². The molecule has 4 aromatic rings. The first-order valence-corrected chi connectivity index (χ1v) is 13.4. The maximum absolute atomic E-state index is 6.16. The Labute approximate surface area is 222 Å². The highest BCUT2D eigenvalue weighted by Crippen LogP contribution is 2.35. The minimum absolute atomic E-state index is 0.488. The fourth-order valence-electron chi connectivity index (χ4n) is 5.24. The van der Waals surface area contributed by atoms with Crippen molar-refractivity contribution in [2.24, 2.45) is 0 Å². The zero-order chi connectivity index (χ0) is 25.7. The van der Waals surface area contributed by atoms with Crippen LogP contribution in [0, 0.1) is 0 Å². The molecule has 1 saturated heterocycles. The Hall–Kier alpha value is -4.27. The van der Waals surface area contributed by atoms with Gasteiger partial charge in [-0.2, -0.15) is 0 Å². The third kappa shape index (κ3) is 5.09. The predicted molar refractivity (Wildman–Crippen MR) is 149 cm³/mol. The van der Waals surface area contributed by atoms with Gasteiger partial charge in [0.05, 0.1) is 11.3 Å².